The zero-order chi connectivity index (χ0) is 17.1. The fourth-order valence-corrected chi connectivity index (χ4v) is 3.24. The van der Waals surface area contributed by atoms with E-state index in [4.69, 9.17) is 5.73 Å². The summed E-state index contributed by atoms with van der Waals surface area (Å²) in [5.74, 6) is -0.329. The highest BCUT2D eigenvalue weighted by Crippen LogP contribution is 2.24. The van der Waals surface area contributed by atoms with Crippen molar-refractivity contribution < 1.29 is 9.18 Å². The summed E-state index contributed by atoms with van der Waals surface area (Å²) in [4.78, 5) is 14.6. The zero-order valence-electron chi connectivity index (χ0n) is 13.8. The minimum atomic E-state index is -0.222. The van der Waals surface area contributed by atoms with Crippen LogP contribution < -0.4 is 16.0 Å². The molecule has 4 nitrogen and oxygen atoms in total. The van der Waals surface area contributed by atoms with Crippen molar-refractivity contribution in [3.8, 4) is 0 Å². The number of hydrogen-bond donors (Lipinski definition) is 2. The molecule has 3 rings (SSSR count). The van der Waals surface area contributed by atoms with Gasteiger partial charge in [0.05, 0.1) is 0 Å². The number of rotatable bonds is 3. The van der Waals surface area contributed by atoms with Crippen molar-refractivity contribution in [2.75, 3.05) is 23.7 Å². The third-order valence-electron chi connectivity index (χ3n) is 4.40. The summed E-state index contributed by atoms with van der Waals surface area (Å²) < 4.78 is 13.3. The lowest BCUT2D eigenvalue weighted by atomic mass is 10.0. The molecule has 3 N–H and O–H groups in total. The van der Waals surface area contributed by atoms with Crippen LogP contribution in [0.25, 0.3) is 0 Å². The highest BCUT2D eigenvalue weighted by Gasteiger charge is 2.23. The lowest BCUT2D eigenvalue weighted by Crippen LogP contribution is -2.48. The molecule has 0 aromatic heterocycles. The number of hydrogen-bond acceptors (Lipinski definition) is 3. The molecule has 1 atom stereocenters. The molecule has 1 unspecified atom stereocenters. The van der Waals surface area contributed by atoms with Crippen LogP contribution in [-0.4, -0.2) is 25.0 Å². The predicted molar refractivity (Wildman–Crippen MR) is 94.7 cm³/mol. The van der Waals surface area contributed by atoms with Crippen molar-refractivity contribution in [3.63, 3.8) is 0 Å². The van der Waals surface area contributed by atoms with Crippen LogP contribution in [0.5, 0.6) is 0 Å². The van der Waals surface area contributed by atoms with E-state index >= 15 is 0 Å². The van der Waals surface area contributed by atoms with Gasteiger partial charge in [0.1, 0.15) is 5.82 Å². The molecule has 5 heteroatoms. The van der Waals surface area contributed by atoms with Crippen LogP contribution in [0.2, 0.25) is 0 Å². The molecular formula is C19H22FN3O. The SMILES string of the molecule is Cc1cc(F)ccc1N1CCCC(NC(=O)c2cccc(N)c2)C1. The van der Waals surface area contributed by atoms with E-state index in [0.29, 0.717) is 11.3 Å². The van der Waals surface area contributed by atoms with E-state index in [0.717, 1.165) is 37.2 Å². The van der Waals surface area contributed by atoms with Gasteiger partial charge in [-0.15, -0.1) is 0 Å². The van der Waals surface area contributed by atoms with E-state index in [1.807, 2.05) is 13.0 Å². The molecule has 1 saturated heterocycles. The van der Waals surface area contributed by atoms with E-state index in [9.17, 15) is 9.18 Å². The van der Waals surface area contributed by atoms with Gasteiger partial charge in [-0.25, -0.2) is 4.39 Å². The molecule has 2 aromatic carbocycles. The number of carbonyl (C=O) groups is 1. The number of amides is 1. The van der Waals surface area contributed by atoms with Crippen LogP contribution in [0.3, 0.4) is 0 Å². The summed E-state index contributed by atoms with van der Waals surface area (Å²) >= 11 is 0. The molecule has 2 aromatic rings. The predicted octanol–water partition coefficient (Wildman–Crippen LogP) is 3.12. The number of benzene rings is 2. The van der Waals surface area contributed by atoms with Gasteiger partial charge in [-0.2, -0.15) is 0 Å². The number of nitrogen functional groups attached to an aromatic ring is 1. The molecule has 24 heavy (non-hydrogen) atoms. The number of anilines is 2. The Morgan fingerprint density at radius 3 is 2.88 bits per heavy atom. The van der Waals surface area contributed by atoms with E-state index in [1.54, 1.807) is 30.3 Å². The van der Waals surface area contributed by atoms with Crippen molar-refractivity contribution in [1.82, 2.24) is 5.32 Å². The smallest absolute Gasteiger partial charge is 0.251 e. The number of aryl methyl sites for hydroxylation is 1. The first-order chi connectivity index (χ1) is 11.5. The first-order valence-corrected chi connectivity index (χ1v) is 8.20. The third-order valence-corrected chi connectivity index (χ3v) is 4.40. The number of nitrogens with one attached hydrogen (secondary N) is 1. The van der Waals surface area contributed by atoms with Crippen LogP contribution in [0.4, 0.5) is 15.8 Å². The number of halogens is 1. The summed E-state index contributed by atoms with van der Waals surface area (Å²) in [7, 11) is 0. The van der Waals surface area contributed by atoms with Gasteiger partial charge in [0.2, 0.25) is 0 Å². The van der Waals surface area contributed by atoms with Crippen LogP contribution in [-0.2, 0) is 0 Å². The van der Waals surface area contributed by atoms with Crippen molar-refractivity contribution in [3.05, 3.63) is 59.4 Å². The van der Waals surface area contributed by atoms with Gasteiger partial charge in [0.15, 0.2) is 0 Å². The fourth-order valence-electron chi connectivity index (χ4n) is 3.24. The Kier molecular flexibility index (Phi) is 4.69. The highest BCUT2D eigenvalue weighted by molar-refractivity contribution is 5.95. The number of nitrogens with two attached hydrogens (primary N) is 1. The molecule has 0 bridgehead atoms. The Morgan fingerprint density at radius 2 is 2.12 bits per heavy atom. The van der Waals surface area contributed by atoms with Gasteiger partial charge in [-0.05, 0) is 61.7 Å². The van der Waals surface area contributed by atoms with Crippen LogP contribution >= 0.6 is 0 Å². The monoisotopic (exact) mass is 327 g/mol. The van der Waals surface area contributed by atoms with Crippen LogP contribution in [0.1, 0.15) is 28.8 Å². The highest BCUT2D eigenvalue weighted by atomic mass is 19.1. The molecule has 0 radical (unpaired) electrons. The minimum absolute atomic E-state index is 0.0668. The maximum absolute atomic E-state index is 13.3. The molecule has 0 saturated carbocycles. The topological polar surface area (TPSA) is 58.4 Å². The fraction of sp³-hybridized carbons (Fsp3) is 0.316. The van der Waals surface area contributed by atoms with Gasteiger partial charge < -0.3 is 16.0 Å². The first-order valence-electron chi connectivity index (χ1n) is 8.20. The van der Waals surface area contributed by atoms with Gasteiger partial charge in [0, 0.05) is 36.1 Å². The summed E-state index contributed by atoms with van der Waals surface area (Å²) in [5.41, 5.74) is 8.83. The summed E-state index contributed by atoms with van der Waals surface area (Å²) in [6.07, 6.45) is 1.92. The Hall–Kier alpha value is -2.56. The maximum Gasteiger partial charge on any atom is 0.251 e. The molecule has 0 aliphatic carbocycles. The Bertz CT molecular complexity index is 747. The van der Waals surface area contributed by atoms with E-state index < -0.39 is 0 Å². The second kappa shape index (κ2) is 6.91. The molecule has 126 valence electrons. The summed E-state index contributed by atoms with van der Waals surface area (Å²) in [6, 6.07) is 11.9. The average molecular weight is 327 g/mol. The third kappa shape index (κ3) is 3.67. The van der Waals surface area contributed by atoms with Gasteiger partial charge >= 0.3 is 0 Å². The van der Waals surface area contributed by atoms with Crippen LogP contribution in [0.15, 0.2) is 42.5 Å². The standard InChI is InChI=1S/C19H22FN3O/c1-13-10-15(20)7-8-18(13)23-9-3-6-17(12-23)22-19(24)14-4-2-5-16(21)11-14/h2,4-5,7-8,10-11,17H,3,6,9,12,21H2,1H3,(H,22,24). The number of piperidine rings is 1. The Morgan fingerprint density at radius 1 is 1.29 bits per heavy atom. The molecule has 1 heterocycles. The van der Waals surface area contributed by atoms with Gasteiger partial charge in [-0.3, -0.25) is 4.79 Å². The molecule has 0 spiro atoms. The average Bonchev–Trinajstić information content (AvgIpc) is 2.55. The minimum Gasteiger partial charge on any atom is -0.399 e. The van der Waals surface area contributed by atoms with Crippen LogP contribution in [0, 0.1) is 12.7 Å². The largest absolute Gasteiger partial charge is 0.399 e. The van der Waals surface area contributed by atoms with Crippen molar-refractivity contribution >= 4 is 17.3 Å². The van der Waals surface area contributed by atoms with Crippen molar-refractivity contribution in [2.45, 2.75) is 25.8 Å². The van der Waals surface area contributed by atoms with Gasteiger partial charge in [0.25, 0.3) is 5.91 Å². The molecule has 1 fully saturated rings. The zero-order valence-corrected chi connectivity index (χ0v) is 13.8. The molecule has 1 aliphatic heterocycles. The quantitative estimate of drug-likeness (QED) is 0.852. The maximum atomic E-state index is 13.3. The van der Waals surface area contributed by atoms with Crippen molar-refractivity contribution in [2.24, 2.45) is 0 Å². The lowest BCUT2D eigenvalue weighted by molar-refractivity contribution is 0.0933. The Labute approximate surface area is 141 Å². The molecular weight excluding hydrogens is 305 g/mol. The second-order valence-electron chi connectivity index (χ2n) is 6.31. The lowest BCUT2D eigenvalue weighted by Gasteiger charge is -2.35. The Balaban J connectivity index is 1.68. The van der Waals surface area contributed by atoms with E-state index in [-0.39, 0.29) is 17.8 Å². The van der Waals surface area contributed by atoms with Gasteiger partial charge in [-0.1, -0.05) is 6.07 Å². The molecule has 1 amide bonds. The van der Waals surface area contributed by atoms with Crippen molar-refractivity contribution in [1.29, 1.82) is 0 Å². The van der Waals surface area contributed by atoms with E-state index in [1.165, 1.54) is 6.07 Å². The molecule has 1 aliphatic rings. The summed E-state index contributed by atoms with van der Waals surface area (Å²) in [5, 5.41) is 3.08. The number of nitrogens with zero attached hydrogens (tertiary/aromatic N) is 1. The van der Waals surface area contributed by atoms with E-state index in [2.05, 4.69) is 10.2 Å². The number of carbonyl (C=O) groups excluding carboxylic acids is 1. The summed E-state index contributed by atoms with van der Waals surface area (Å²) in [6.45, 7) is 3.55. The first kappa shape index (κ1) is 16.3. The normalized spacial score (nSPS) is 17.6. The second-order valence-corrected chi connectivity index (χ2v) is 6.31.